The molecule has 0 saturated carbocycles. The summed E-state index contributed by atoms with van der Waals surface area (Å²) in [5, 5.41) is 4.84. The number of anilines is 1. The quantitative estimate of drug-likeness (QED) is 0.658. The van der Waals surface area contributed by atoms with E-state index in [0.29, 0.717) is 12.0 Å². The van der Waals surface area contributed by atoms with E-state index in [1.807, 2.05) is 0 Å². The molecule has 164 valence electrons. The molecule has 5 heteroatoms. The highest BCUT2D eigenvalue weighted by atomic mass is 15.3. The third-order valence-corrected chi connectivity index (χ3v) is 6.97. The fraction of sp³-hybridized carbons (Fsp3) is 0.500. The summed E-state index contributed by atoms with van der Waals surface area (Å²) < 4.78 is 0. The van der Waals surface area contributed by atoms with Crippen molar-refractivity contribution in [3.05, 3.63) is 47.3 Å². The van der Waals surface area contributed by atoms with Crippen molar-refractivity contribution in [1.82, 2.24) is 20.2 Å². The van der Waals surface area contributed by atoms with Gasteiger partial charge in [0.15, 0.2) is 0 Å². The molecule has 5 nitrogen and oxygen atoms in total. The van der Waals surface area contributed by atoms with Gasteiger partial charge in [0, 0.05) is 78.9 Å². The molecule has 1 aromatic carbocycles. The molecule has 2 aromatic heterocycles. The zero-order valence-corrected chi connectivity index (χ0v) is 19.3. The number of hydrogen-bond acceptors (Lipinski definition) is 4. The van der Waals surface area contributed by atoms with Crippen LogP contribution >= 0.6 is 0 Å². The molecule has 0 radical (unpaired) electrons. The van der Waals surface area contributed by atoms with Crippen molar-refractivity contribution in [3.63, 3.8) is 0 Å². The van der Waals surface area contributed by atoms with Gasteiger partial charge in [-0.05, 0) is 62.1 Å². The predicted octanol–water partition coefficient (Wildman–Crippen LogP) is 4.45. The van der Waals surface area contributed by atoms with Crippen LogP contribution in [0.1, 0.15) is 43.1 Å². The number of pyridine rings is 1. The smallest absolute Gasteiger partial charge is 0.0501 e. The topological polar surface area (TPSA) is 47.2 Å². The first kappa shape index (κ1) is 20.5. The minimum absolute atomic E-state index is 0.444. The van der Waals surface area contributed by atoms with Gasteiger partial charge in [0.2, 0.25) is 0 Å². The number of aromatic nitrogens is 2. The molecule has 1 unspecified atom stereocenters. The molecule has 0 bridgehead atoms. The van der Waals surface area contributed by atoms with Gasteiger partial charge in [-0.3, -0.25) is 9.88 Å². The van der Waals surface area contributed by atoms with E-state index in [0.717, 1.165) is 37.6 Å². The highest BCUT2D eigenvalue weighted by Gasteiger charge is 2.29. The van der Waals surface area contributed by atoms with Crippen LogP contribution in [0.5, 0.6) is 0 Å². The van der Waals surface area contributed by atoms with Crippen LogP contribution in [0.25, 0.3) is 22.2 Å². The Morgan fingerprint density at radius 2 is 1.74 bits per heavy atom. The molecule has 2 fully saturated rings. The third-order valence-electron chi connectivity index (χ3n) is 6.97. The van der Waals surface area contributed by atoms with Gasteiger partial charge < -0.3 is 15.2 Å². The lowest BCUT2D eigenvalue weighted by molar-refractivity contribution is 0.185. The van der Waals surface area contributed by atoms with Crippen molar-refractivity contribution < 1.29 is 0 Å². The van der Waals surface area contributed by atoms with Gasteiger partial charge in [0.1, 0.15) is 0 Å². The number of aryl methyl sites for hydroxylation is 2. The zero-order chi connectivity index (χ0) is 21.5. The van der Waals surface area contributed by atoms with Crippen LogP contribution < -0.4 is 10.2 Å². The standard InChI is InChI=1S/C26H35N5/c1-17(2)25-23-15-21(31-10-7-22(16-31)30-11-8-27-9-12-30)5-6-24(23)29-26(25)20-13-18(3)28-19(4)14-20/h5-6,13-15,17,22,27,29H,7-12,16H2,1-4H3. The maximum atomic E-state index is 4.57. The number of piperazine rings is 1. The Labute approximate surface area is 185 Å². The van der Waals surface area contributed by atoms with Crippen molar-refractivity contribution in [3.8, 4) is 11.3 Å². The van der Waals surface area contributed by atoms with Crippen LogP contribution in [-0.4, -0.2) is 60.2 Å². The molecule has 31 heavy (non-hydrogen) atoms. The Hall–Kier alpha value is -2.37. The summed E-state index contributed by atoms with van der Waals surface area (Å²) >= 11 is 0. The van der Waals surface area contributed by atoms with E-state index in [9.17, 15) is 0 Å². The van der Waals surface area contributed by atoms with E-state index >= 15 is 0 Å². The van der Waals surface area contributed by atoms with Gasteiger partial charge in [-0.1, -0.05) is 13.8 Å². The zero-order valence-electron chi connectivity index (χ0n) is 19.3. The molecule has 2 aliphatic rings. The number of fused-ring (bicyclic) bond motifs is 1. The number of H-pyrrole nitrogens is 1. The second-order valence-corrected chi connectivity index (χ2v) is 9.61. The summed E-state index contributed by atoms with van der Waals surface area (Å²) in [6.45, 7) is 15.7. The number of aromatic amines is 1. The lowest BCUT2D eigenvalue weighted by Crippen LogP contribution is -2.49. The summed E-state index contributed by atoms with van der Waals surface area (Å²) in [5.74, 6) is 0.444. The van der Waals surface area contributed by atoms with Crippen LogP contribution in [-0.2, 0) is 0 Å². The summed E-state index contributed by atoms with van der Waals surface area (Å²) in [5.41, 5.74) is 8.63. The van der Waals surface area contributed by atoms with Crippen LogP contribution in [0.2, 0.25) is 0 Å². The van der Waals surface area contributed by atoms with Crippen LogP contribution in [0.4, 0.5) is 5.69 Å². The molecule has 5 rings (SSSR count). The van der Waals surface area contributed by atoms with E-state index in [4.69, 9.17) is 0 Å². The highest BCUT2D eigenvalue weighted by Crippen LogP contribution is 2.38. The number of hydrogen-bond donors (Lipinski definition) is 2. The number of nitrogens with zero attached hydrogens (tertiary/aromatic N) is 3. The first-order valence-corrected chi connectivity index (χ1v) is 11.8. The molecule has 2 saturated heterocycles. The Morgan fingerprint density at radius 1 is 1.00 bits per heavy atom. The van der Waals surface area contributed by atoms with Gasteiger partial charge in [-0.25, -0.2) is 0 Å². The Kier molecular flexibility index (Phi) is 5.49. The van der Waals surface area contributed by atoms with Crippen LogP contribution in [0, 0.1) is 13.8 Å². The molecule has 4 heterocycles. The normalized spacial score (nSPS) is 20.3. The Bertz CT molecular complexity index is 1060. The number of rotatable bonds is 4. The molecule has 2 N–H and O–H groups in total. The summed E-state index contributed by atoms with van der Waals surface area (Å²) in [6.07, 6.45) is 1.27. The van der Waals surface area contributed by atoms with E-state index in [2.05, 4.69) is 83.1 Å². The largest absolute Gasteiger partial charge is 0.370 e. The van der Waals surface area contributed by atoms with Crippen molar-refractivity contribution in [1.29, 1.82) is 0 Å². The minimum atomic E-state index is 0.444. The Balaban J connectivity index is 1.49. The van der Waals surface area contributed by atoms with Crippen molar-refractivity contribution in [2.24, 2.45) is 0 Å². The summed E-state index contributed by atoms with van der Waals surface area (Å²) in [7, 11) is 0. The van der Waals surface area contributed by atoms with Gasteiger partial charge >= 0.3 is 0 Å². The van der Waals surface area contributed by atoms with Crippen molar-refractivity contribution in [2.45, 2.75) is 46.1 Å². The molecule has 2 aliphatic heterocycles. The van der Waals surface area contributed by atoms with Crippen LogP contribution in [0.15, 0.2) is 30.3 Å². The summed E-state index contributed by atoms with van der Waals surface area (Å²) in [4.78, 5) is 13.6. The average molecular weight is 418 g/mol. The van der Waals surface area contributed by atoms with Crippen LogP contribution in [0.3, 0.4) is 0 Å². The van der Waals surface area contributed by atoms with Crippen molar-refractivity contribution >= 4 is 16.6 Å². The van der Waals surface area contributed by atoms with Gasteiger partial charge in [0.25, 0.3) is 0 Å². The van der Waals surface area contributed by atoms with E-state index in [1.54, 1.807) is 0 Å². The number of nitrogens with one attached hydrogen (secondary N) is 2. The second-order valence-electron chi connectivity index (χ2n) is 9.61. The SMILES string of the molecule is Cc1cc(-c2[nH]c3ccc(N4CCC(N5CCNCC5)C4)cc3c2C(C)C)cc(C)n1. The fourth-order valence-corrected chi connectivity index (χ4v) is 5.53. The molecular weight excluding hydrogens is 382 g/mol. The predicted molar refractivity (Wildman–Crippen MR) is 130 cm³/mol. The monoisotopic (exact) mass is 417 g/mol. The maximum Gasteiger partial charge on any atom is 0.0501 e. The minimum Gasteiger partial charge on any atom is -0.370 e. The number of benzene rings is 1. The molecule has 0 aliphatic carbocycles. The molecule has 0 spiro atoms. The third kappa shape index (κ3) is 3.97. The molecule has 0 amide bonds. The van der Waals surface area contributed by atoms with Gasteiger partial charge in [-0.15, -0.1) is 0 Å². The maximum absolute atomic E-state index is 4.57. The van der Waals surface area contributed by atoms with Gasteiger partial charge in [0.05, 0.1) is 5.69 Å². The molecule has 3 aromatic rings. The van der Waals surface area contributed by atoms with Crippen molar-refractivity contribution in [2.75, 3.05) is 44.2 Å². The first-order chi connectivity index (χ1) is 15.0. The lowest BCUT2D eigenvalue weighted by atomic mass is 9.95. The first-order valence-electron chi connectivity index (χ1n) is 11.8. The van der Waals surface area contributed by atoms with E-state index < -0.39 is 0 Å². The van der Waals surface area contributed by atoms with E-state index in [-0.39, 0.29) is 0 Å². The highest BCUT2D eigenvalue weighted by molar-refractivity contribution is 5.93. The molecular formula is C26H35N5. The lowest BCUT2D eigenvalue weighted by Gasteiger charge is -2.32. The van der Waals surface area contributed by atoms with E-state index in [1.165, 1.54) is 52.9 Å². The van der Waals surface area contributed by atoms with Gasteiger partial charge in [-0.2, -0.15) is 0 Å². The summed E-state index contributed by atoms with van der Waals surface area (Å²) in [6, 6.07) is 12.1. The second kappa shape index (κ2) is 8.29. The Morgan fingerprint density at radius 3 is 2.45 bits per heavy atom. The average Bonchev–Trinajstić information content (AvgIpc) is 3.38. The fourth-order valence-electron chi connectivity index (χ4n) is 5.53. The molecule has 1 atom stereocenters.